The van der Waals surface area contributed by atoms with Crippen molar-refractivity contribution in [3.8, 4) is 0 Å². The summed E-state index contributed by atoms with van der Waals surface area (Å²) in [7, 11) is 0. The van der Waals surface area contributed by atoms with Gasteiger partial charge in [0, 0.05) is 12.6 Å². The number of halogens is 2. The second-order valence-electron chi connectivity index (χ2n) is 5.15. The molecule has 2 atom stereocenters. The van der Waals surface area contributed by atoms with Crippen LogP contribution >= 0.6 is 23.2 Å². The Bertz CT molecular complexity index is 405. The summed E-state index contributed by atoms with van der Waals surface area (Å²) in [6.07, 6.45) is 2.74. The molecule has 1 aliphatic rings. The Labute approximate surface area is 119 Å². The van der Waals surface area contributed by atoms with Crippen LogP contribution in [0.3, 0.4) is 0 Å². The fourth-order valence-corrected chi connectivity index (χ4v) is 2.71. The molecule has 0 spiro atoms. The van der Waals surface area contributed by atoms with E-state index in [-0.39, 0.29) is 6.04 Å². The van der Waals surface area contributed by atoms with Crippen LogP contribution in [0, 0.1) is 11.8 Å². The third kappa shape index (κ3) is 3.39. The normalized spacial score (nSPS) is 18.7. The molecule has 0 saturated heterocycles. The molecule has 2 rings (SSSR count). The molecule has 0 radical (unpaired) electrons. The zero-order valence-corrected chi connectivity index (χ0v) is 12.1. The first-order valence-electron chi connectivity index (χ1n) is 6.50. The van der Waals surface area contributed by atoms with Crippen molar-refractivity contribution in [3.63, 3.8) is 0 Å². The van der Waals surface area contributed by atoms with Crippen LogP contribution in [0.1, 0.15) is 31.4 Å². The minimum Gasteiger partial charge on any atom is -0.329 e. The first kappa shape index (κ1) is 14.1. The first-order chi connectivity index (χ1) is 8.63. The number of rotatable bonds is 6. The second-order valence-corrected chi connectivity index (χ2v) is 5.94. The van der Waals surface area contributed by atoms with Gasteiger partial charge in [0.05, 0.1) is 10.0 Å². The molecule has 0 heterocycles. The molecule has 2 nitrogen and oxygen atoms in total. The number of hydrogen-bond donors (Lipinski definition) is 2. The molecule has 1 fully saturated rings. The second kappa shape index (κ2) is 6.25. The Morgan fingerprint density at radius 3 is 2.72 bits per heavy atom. The Morgan fingerprint density at radius 1 is 1.39 bits per heavy atom. The van der Waals surface area contributed by atoms with Gasteiger partial charge in [0.2, 0.25) is 0 Å². The van der Waals surface area contributed by atoms with Gasteiger partial charge >= 0.3 is 0 Å². The smallest absolute Gasteiger partial charge is 0.0640 e. The highest BCUT2D eigenvalue weighted by Crippen LogP contribution is 2.36. The molecular formula is C14H20Cl2N2. The Balaban J connectivity index is 2.00. The van der Waals surface area contributed by atoms with Crippen molar-refractivity contribution < 1.29 is 0 Å². The van der Waals surface area contributed by atoms with E-state index >= 15 is 0 Å². The Hall–Kier alpha value is -0.280. The van der Waals surface area contributed by atoms with Gasteiger partial charge in [-0.1, -0.05) is 42.3 Å². The zero-order valence-electron chi connectivity index (χ0n) is 10.6. The van der Waals surface area contributed by atoms with Crippen molar-refractivity contribution >= 4 is 23.2 Å². The van der Waals surface area contributed by atoms with E-state index in [1.165, 1.54) is 12.8 Å². The average Bonchev–Trinajstić information content (AvgIpc) is 3.18. The molecule has 18 heavy (non-hydrogen) atoms. The van der Waals surface area contributed by atoms with E-state index in [0.29, 0.717) is 22.5 Å². The van der Waals surface area contributed by atoms with Gasteiger partial charge < -0.3 is 11.1 Å². The zero-order chi connectivity index (χ0) is 13.1. The lowest BCUT2D eigenvalue weighted by atomic mass is 10.0. The lowest BCUT2D eigenvalue weighted by Gasteiger charge is -2.21. The van der Waals surface area contributed by atoms with Crippen molar-refractivity contribution in [2.45, 2.75) is 25.8 Å². The van der Waals surface area contributed by atoms with Crippen LogP contribution < -0.4 is 11.1 Å². The van der Waals surface area contributed by atoms with Crippen LogP contribution in [-0.2, 0) is 0 Å². The van der Waals surface area contributed by atoms with E-state index in [1.54, 1.807) is 6.07 Å². The Morgan fingerprint density at radius 2 is 2.11 bits per heavy atom. The van der Waals surface area contributed by atoms with Crippen LogP contribution in [0.2, 0.25) is 10.0 Å². The molecule has 3 N–H and O–H groups in total. The maximum absolute atomic E-state index is 6.23. The van der Waals surface area contributed by atoms with E-state index in [2.05, 4.69) is 12.2 Å². The predicted octanol–water partition coefficient (Wildman–Crippen LogP) is 3.63. The molecule has 0 amide bonds. The lowest BCUT2D eigenvalue weighted by Crippen LogP contribution is -2.32. The molecule has 0 bridgehead atoms. The van der Waals surface area contributed by atoms with Gasteiger partial charge in [0.25, 0.3) is 0 Å². The monoisotopic (exact) mass is 286 g/mol. The summed E-state index contributed by atoms with van der Waals surface area (Å²) < 4.78 is 0. The maximum atomic E-state index is 6.23. The van der Waals surface area contributed by atoms with Crippen molar-refractivity contribution in [1.82, 2.24) is 5.32 Å². The third-order valence-corrected chi connectivity index (χ3v) is 4.54. The highest BCUT2D eigenvalue weighted by molar-refractivity contribution is 6.42. The minimum atomic E-state index is 0.0809. The number of nitrogens with two attached hydrogens (primary N) is 1. The van der Waals surface area contributed by atoms with Crippen molar-refractivity contribution in [1.29, 1.82) is 0 Å². The van der Waals surface area contributed by atoms with E-state index in [1.807, 2.05) is 12.1 Å². The van der Waals surface area contributed by atoms with E-state index in [9.17, 15) is 0 Å². The molecule has 2 unspecified atom stereocenters. The standard InChI is InChI=1S/C14H20Cl2N2/c1-9(10-5-6-10)8-18-13(7-17)11-3-2-4-12(15)14(11)16/h2-4,9-10,13,18H,5-8,17H2,1H3. The van der Waals surface area contributed by atoms with E-state index < -0.39 is 0 Å². The largest absolute Gasteiger partial charge is 0.329 e. The summed E-state index contributed by atoms with van der Waals surface area (Å²) in [4.78, 5) is 0. The molecule has 0 aromatic heterocycles. The van der Waals surface area contributed by atoms with Crippen LogP contribution in [0.25, 0.3) is 0 Å². The minimum absolute atomic E-state index is 0.0809. The van der Waals surface area contributed by atoms with Crippen LogP contribution in [0.5, 0.6) is 0 Å². The Kier molecular flexibility index (Phi) is 4.91. The lowest BCUT2D eigenvalue weighted by molar-refractivity contribution is 0.423. The van der Waals surface area contributed by atoms with E-state index in [4.69, 9.17) is 28.9 Å². The van der Waals surface area contributed by atoms with Gasteiger partial charge in [0.1, 0.15) is 0 Å². The quantitative estimate of drug-likeness (QED) is 0.838. The highest BCUT2D eigenvalue weighted by Gasteiger charge is 2.28. The number of hydrogen-bond acceptors (Lipinski definition) is 2. The van der Waals surface area contributed by atoms with Crippen molar-refractivity contribution in [3.05, 3.63) is 33.8 Å². The average molecular weight is 287 g/mol. The first-order valence-corrected chi connectivity index (χ1v) is 7.26. The molecular weight excluding hydrogens is 267 g/mol. The number of nitrogens with one attached hydrogen (secondary N) is 1. The molecule has 1 aromatic carbocycles. The summed E-state index contributed by atoms with van der Waals surface area (Å²) in [5.41, 5.74) is 6.83. The summed E-state index contributed by atoms with van der Waals surface area (Å²) >= 11 is 12.3. The fraction of sp³-hybridized carbons (Fsp3) is 0.571. The van der Waals surface area contributed by atoms with Gasteiger partial charge in [-0.3, -0.25) is 0 Å². The van der Waals surface area contributed by atoms with Crippen LogP contribution in [0.15, 0.2) is 18.2 Å². The summed E-state index contributed by atoms with van der Waals surface area (Å²) in [5.74, 6) is 1.60. The predicted molar refractivity (Wildman–Crippen MR) is 78.1 cm³/mol. The van der Waals surface area contributed by atoms with Gasteiger partial charge in [-0.05, 0) is 42.9 Å². The molecule has 0 aliphatic heterocycles. The molecule has 1 saturated carbocycles. The van der Waals surface area contributed by atoms with Gasteiger partial charge in [0.15, 0.2) is 0 Å². The fourth-order valence-electron chi connectivity index (χ4n) is 2.27. The van der Waals surface area contributed by atoms with Gasteiger partial charge in [-0.25, -0.2) is 0 Å². The van der Waals surface area contributed by atoms with E-state index in [0.717, 1.165) is 18.0 Å². The van der Waals surface area contributed by atoms with Gasteiger partial charge in [-0.2, -0.15) is 0 Å². The maximum Gasteiger partial charge on any atom is 0.0640 e. The SMILES string of the molecule is CC(CNC(CN)c1cccc(Cl)c1Cl)C1CC1. The molecule has 1 aromatic rings. The van der Waals surface area contributed by atoms with Crippen LogP contribution in [-0.4, -0.2) is 13.1 Å². The highest BCUT2D eigenvalue weighted by atomic mass is 35.5. The topological polar surface area (TPSA) is 38.0 Å². The third-order valence-electron chi connectivity index (χ3n) is 3.71. The van der Waals surface area contributed by atoms with Crippen LogP contribution in [0.4, 0.5) is 0 Å². The van der Waals surface area contributed by atoms with Crippen molar-refractivity contribution in [2.24, 2.45) is 17.6 Å². The summed E-state index contributed by atoms with van der Waals surface area (Å²) in [6, 6.07) is 5.78. The summed E-state index contributed by atoms with van der Waals surface area (Å²) in [6.45, 7) is 3.80. The van der Waals surface area contributed by atoms with Crippen molar-refractivity contribution in [2.75, 3.05) is 13.1 Å². The summed E-state index contributed by atoms with van der Waals surface area (Å²) in [5, 5.41) is 4.71. The van der Waals surface area contributed by atoms with Gasteiger partial charge in [-0.15, -0.1) is 0 Å². The number of benzene rings is 1. The molecule has 100 valence electrons. The molecule has 4 heteroatoms. The molecule has 1 aliphatic carbocycles.